The van der Waals surface area contributed by atoms with Gasteiger partial charge in [0.2, 0.25) is 0 Å². The van der Waals surface area contributed by atoms with Gasteiger partial charge in [0.15, 0.2) is 11.5 Å². The highest BCUT2D eigenvalue weighted by Crippen LogP contribution is 2.32. The first-order valence-corrected chi connectivity index (χ1v) is 11.3. The molecular formula is C21H27N3O5S. The Bertz CT molecular complexity index is 1210. The largest absolute Gasteiger partial charge is 0.490 e. The van der Waals surface area contributed by atoms with Crippen molar-refractivity contribution < 1.29 is 17.9 Å². The molecule has 3 rings (SSSR count). The summed E-state index contributed by atoms with van der Waals surface area (Å²) in [6, 6.07) is 9.56. The Labute approximate surface area is 176 Å². The fraction of sp³-hybridized carbons (Fsp3) is 0.381. The van der Waals surface area contributed by atoms with E-state index < -0.39 is 10.0 Å². The van der Waals surface area contributed by atoms with Crippen molar-refractivity contribution in [3.05, 3.63) is 46.9 Å². The van der Waals surface area contributed by atoms with Crippen molar-refractivity contribution >= 4 is 26.7 Å². The first-order valence-electron chi connectivity index (χ1n) is 9.86. The number of aromatic nitrogens is 2. The molecule has 0 unspecified atom stereocenters. The molecule has 0 radical (unpaired) electrons. The number of fused-ring (bicyclic) bond motifs is 1. The molecule has 30 heavy (non-hydrogen) atoms. The second-order valence-corrected chi connectivity index (χ2v) is 8.70. The van der Waals surface area contributed by atoms with E-state index in [9.17, 15) is 13.2 Å². The minimum atomic E-state index is -3.86. The lowest BCUT2D eigenvalue weighted by Gasteiger charge is -2.15. The molecule has 8 nitrogen and oxygen atoms in total. The van der Waals surface area contributed by atoms with Gasteiger partial charge in [0.1, 0.15) is 0 Å². The number of nitrogens with zero attached hydrogens (tertiary/aromatic N) is 2. The molecular weight excluding hydrogens is 406 g/mol. The van der Waals surface area contributed by atoms with Gasteiger partial charge in [-0.1, -0.05) is 13.8 Å². The number of hydrogen-bond acceptors (Lipinski definition) is 5. The normalized spacial score (nSPS) is 11.6. The molecule has 0 saturated carbocycles. The average molecular weight is 434 g/mol. The van der Waals surface area contributed by atoms with Crippen molar-refractivity contribution in [2.24, 2.45) is 14.1 Å². The monoisotopic (exact) mass is 433 g/mol. The number of hydrogen-bond donors (Lipinski definition) is 1. The van der Waals surface area contributed by atoms with Crippen molar-refractivity contribution in [3.8, 4) is 11.5 Å². The van der Waals surface area contributed by atoms with E-state index in [1.54, 1.807) is 38.4 Å². The second-order valence-electron chi connectivity index (χ2n) is 7.02. The van der Waals surface area contributed by atoms with Crippen LogP contribution in [0.1, 0.15) is 26.7 Å². The second kappa shape index (κ2) is 8.83. The maximum atomic E-state index is 13.0. The van der Waals surface area contributed by atoms with Gasteiger partial charge in [0.25, 0.3) is 10.0 Å². The first-order chi connectivity index (χ1) is 14.3. The zero-order chi connectivity index (χ0) is 21.9. The number of ether oxygens (including phenoxy) is 2. The molecule has 0 fully saturated rings. The Balaban J connectivity index is 1.93. The van der Waals surface area contributed by atoms with Crippen LogP contribution in [0.3, 0.4) is 0 Å². The molecule has 0 spiro atoms. The fourth-order valence-corrected chi connectivity index (χ4v) is 4.16. The summed E-state index contributed by atoms with van der Waals surface area (Å²) in [5.41, 5.74) is 1.36. The third-order valence-electron chi connectivity index (χ3n) is 4.67. The lowest BCUT2D eigenvalue weighted by molar-refractivity contribution is 0.268. The van der Waals surface area contributed by atoms with Gasteiger partial charge in [-0.2, -0.15) is 0 Å². The quantitative estimate of drug-likeness (QED) is 0.559. The van der Waals surface area contributed by atoms with E-state index in [0.717, 1.165) is 12.8 Å². The molecule has 0 atom stereocenters. The predicted molar refractivity (Wildman–Crippen MR) is 117 cm³/mol. The number of aryl methyl sites for hydroxylation is 2. The van der Waals surface area contributed by atoms with Crippen LogP contribution in [0.25, 0.3) is 11.0 Å². The number of benzene rings is 2. The molecule has 1 aromatic heterocycles. The van der Waals surface area contributed by atoms with Gasteiger partial charge < -0.3 is 9.47 Å². The summed E-state index contributed by atoms with van der Waals surface area (Å²) in [7, 11) is -0.601. The molecule has 2 aromatic carbocycles. The van der Waals surface area contributed by atoms with Crippen LogP contribution in [0.4, 0.5) is 5.69 Å². The number of rotatable bonds is 9. The van der Waals surface area contributed by atoms with E-state index in [1.165, 1.54) is 21.3 Å². The summed E-state index contributed by atoms with van der Waals surface area (Å²) in [5.74, 6) is 1.07. The molecule has 0 bridgehead atoms. The molecule has 0 aliphatic rings. The Kier molecular flexibility index (Phi) is 6.40. The number of anilines is 1. The van der Waals surface area contributed by atoms with Crippen molar-refractivity contribution in [1.29, 1.82) is 0 Å². The van der Waals surface area contributed by atoms with E-state index in [1.807, 2.05) is 13.8 Å². The van der Waals surface area contributed by atoms with Crippen LogP contribution >= 0.6 is 0 Å². The molecule has 1 heterocycles. The third kappa shape index (κ3) is 4.30. The van der Waals surface area contributed by atoms with Crippen LogP contribution in [-0.2, 0) is 24.1 Å². The highest BCUT2D eigenvalue weighted by Gasteiger charge is 2.18. The van der Waals surface area contributed by atoms with Gasteiger partial charge >= 0.3 is 5.69 Å². The topological polar surface area (TPSA) is 91.6 Å². The standard InChI is InChI=1S/C21H27N3O5S/c1-5-11-28-19-10-7-15(13-20(19)29-12-6-2)22-30(26,27)16-8-9-17-18(14-16)24(4)21(25)23(17)3/h7-10,13-14,22H,5-6,11-12H2,1-4H3. The van der Waals surface area contributed by atoms with E-state index in [0.29, 0.717) is 41.4 Å². The third-order valence-corrected chi connectivity index (χ3v) is 6.05. The minimum Gasteiger partial charge on any atom is -0.490 e. The Hall–Kier alpha value is -2.94. The van der Waals surface area contributed by atoms with E-state index in [2.05, 4.69) is 4.72 Å². The zero-order valence-corrected chi connectivity index (χ0v) is 18.5. The van der Waals surface area contributed by atoms with E-state index >= 15 is 0 Å². The lowest BCUT2D eigenvalue weighted by Crippen LogP contribution is -2.19. The van der Waals surface area contributed by atoms with Gasteiger partial charge in [-0.25, -0.2) is 13.2 Å². The molecule has 0 amide bonds. The minimum absolute atomic E-state index is 0.0681. The van der Waals surface area contributed by atoms with Crippen LogP contribution in [0.2, 0.25) is 0 Å². The van der Waals surface area contributed by atoms with Crippen molar-refractivity contribution in [1.82, 2.24) is 9.13 Å². The molecule has 1 N–H and O–H groups in total. The van der Waals surface area contributed by atoms with Crippen molar-refractivity contribution in [2.45, 2.75) is 31.6 Å². The number of nitrogens with one attached hydrogen (secondary N) is 1. The molecule has 9 heteroatoms. The predicted octanol–water partition coefficient (Wildman–Crippen LogP) is 3.26. The molecule has 0 aliphatic carbocycles. The van der Waals surface area contributed by atoms with Gasteiger partial charge in [-0.05, 0) is 43.2 Å². The maximum Gasteiger partial charge on any atom is 0.328 e. The Morgan fingerprint density at radius 3 is 2.17 bits per heavy atom. The van der Waals surface area contributed by atoms with Gasteiger partial charge in [0, 0.05) is 20.2 Å². The van der Waals surface area contributed by atoms with Crippen molar-refractivity contribution in [3.63, 3.8) is 0 Å². The zero-order valence-electron chi connectivity index (χ0n) is 17.6. The average Bonchev–Trinajstić information content (AvgIpc) is 2.95. The van der Waals surface area contributed by atoms with Crippen LogP contribution in [-0.4, -0.2) is 30.8 Å². The van der Waals surface area contributed by atoms with Crippen LogP contribution in [0, 0.1) is 0 Å². The van der Waals surface area contributed by atoms with Crippen molar-refractivity contribution in [2.75, 3.05) is 17.9 Å². The molecule has 3 aromatic rings. The SMILES string of the molecule is CCCOc1ccc(NS(=O)(=O)c2ccc3c(c2)n(C)c(=O)n3C)cc1OCCC. The highest BCUT2D eigenvalue weighted by molar-refractivity contribution is 7.92. The fourth-order valence-electron chi connectivity index (χ4n) is 3.10. The summed E-state index contributed by atoms with van der Waals surface area (Å²) in [4.78, 5) is 12.2. The van der Waals surface area contributed by atoms with Gasteiger partial charge in [-0.3, -0.25) is 13.9 Å². The smallest absolute Gasteiger partial charge is 0.328 e. The molecule has 0 aliphatic heterocycles. The Morgan fingerprint density at radius 2 is 1.50 bits per heavy atom. The molecule has 162 valence electrons. The lowest BCUT2D eigenvalue weighted by atomic mass is 10.3. The molecule has 0 saturated heterocycles. The number of imidazole rings is 1. The van der Waals surface area contributed by atoms with Gasteiger partial charge in [-0.15, -0.1) is 0 Å². The summed E-state index contributed by atoms with van der Waals surface area (Å²) in [6.07, 6.45) is 1.67. The van der Waals surface area contributed by atoms with Crippen LogP contribution in [0.15, 0.2) is 46.1 Å². The summed E-state index contributed by atoms with van der Waals surface area (Å²) in [6.45, 7) is 5.04. The van der Waals surface area contributed by atoms with E-state index in [-0.39, 0.29) is 10.6 Å². The summed E-state index contributed by atoms with van der Waals surface area (Å²) in [5, 5.41) is 0. The van der Waals surface area contributed by atoms with Crippen LogP contribution < -0.4 is 19.9 Å². The first kappa shape index (κ1) is 21.8. The van der Waals surface area contributed by atoms with E-state index in [4.69, 9.17) is 9.47 Å². The van der Waals surface area contributed by atoms with Gasteiger partial charge in [0.05, 0.1) is 34.8 Å². The highest BCUT2D eigenvalue weighted by atomic mass is 32.2. The summed E-state index contributed by atoms with van der Waals surface area (Å²) >= 11 is 0. The maximum absolute atomic E-state index is 13.0. The Morgan fingerprint density at radius 1 is 0.867 bits per heavy atom. The summed E-state index contributed by atoms with van der Waals surface area (Å²) < 4.78 is 42.8. The van der Waals surface area contributed by atoms with Crippen LogP contribution in [0.5, 0.6) is 11.5 Å². The number of sulfonamides is 1.